The average molecular weight is 404 g/mol. The smallest absolute Gasteiger partial charge is 0.269 e. The van der Waals surface area contributed by atoms with Crippen molar-refractivity contribution in [3.05, 3.63) is 33.9 Å². The molecule has 0 aliphatic heterocycles. The Kier molecular flexibility index (Phi) is 8.92. The minimum Gasteiger partial charge on any atom is -0.383 e. The van der Waals surface area contributed by atoms with Crippen molar-refractivity contribution in [1.82, 2.24) is 4.31 Å². The van der Waals surface area contributed by atoms with Gasteiger partial charge in [-0.1, -0.05) is 34.8 Å². The van der Waals surface area contributed by atoms with E-state index in [0.717, 1.165) is 0 Å². The summed E-state index contributed by atoms with van der Waals surface area (Å²) in [6, 6.07) is 4.24. The third kappa shape index (κ3) is 7.01. The fourth-order valence-corrected chi connectivity index (χ4v) is 3.35. The van der Waals surface area contributed by atoms with Crippen molar-refractivity contribution in [2.75, 3.05) is 40.5 Å². The van der Waals surface area contributed by atoms with Crippen LogP contribution in [0.25, 0.3) is 0 Å². The first-order valence-corrected chi connectivity index (χ1v) is 8.46. The van der Waals surface area contributed by atoms with Crippen LogP contribution in [0.4, 0.5) is 5.69 Å². The Labute approximate surface area is 154 Å². The molecule has 0 fully saturated rings. The average Bonchev–Trinajstić information content (AvgIpc) is 2.48. The van der Waals surface area contributed by atoms with Gasteiger partial charge in [0.15, 0.2) is 0 Å². The van der Waals surface area contributed by atoms with E-state index in [-0.39, 0.29) is 11.3 Å². The van der Waals surface area contributed by atoms with Crippen molar-refractivity contribution in [3.63, 3.8) is 0 Å². The number of nitro groups is 1. The Hall–Kier alpha value is -0.280. The van der Waals surface area contributed by atoms with E-state index in [2.05, 4.69) is 0 Å². The van der Waals surface area contributed by atoms with Gasteiger partial charge >= 0.3 is 0 Å². The Morgan fingerprint density at radius 1 is 1.22 bits per heavy atom. The molecule has 130 valence electrons. The molecule has 0 saturated carbocycles. The van der Waals surface area contributed by atoms with Gasteiger partial charge in [0.25, 0.3) is 5.69 Å². The molecule has 0 aromatic heterocycles. The zero-order chi connectivity index (χ0) is 17.5. The lowest BCUT2D eigenvalue weighted by Gasteiger charge is -2.23. The van der Waals surface area contributed by atoms with Gasteiger partial charge in [0.1, 0.15) is 0 Å². The number of rotatable bonds is 9. The second kappa shape index (κ2) is 9.88. The molecule has 0 saturated heterocycles. The van der Waals surface area contributed by atoms with Crippen molar-refractivity contribution in [2.45, 2.75) is 8.69 Å². The Morgan fingerprint density at radius 2 is 1.78 bits per heavy atom. The van der Waals surface area contributed by atoms with Crippen molar-refractivity contribution in [2.24, 2.45) is 0 Å². The molecule has 6 nitrogen and oxygen atoms in total. The van der Waals surface area contributed by atoms with Gasteiger partial charge in [0, 0.05) is 49.9 Å². The Morgan fingerprint density at radius 3 is 2.22 bits per heavy atom. The van der Waals surface area contributed by atoms with E-state index >= 15 is 0 Å². The molecule has 1 aromatic carbocycles. The molecule has 0 heterocycles. The number of nitrogens with zero attached hydrogens (tertiary/aromatic N) is 2. The van der Waals surface area contributed by atoms with Gasteiger partial charge in [0.2, 0.25) is 3.79 Å². The molecule has 1 rings (SSSR count). The van der Waals surface area contributed by atoms with Crippen LogP contribution >= 0.6 is 46.8 Å². The molecule has 0 N–H and O–H groups in total. The summed E-state index contributed by atoms with van der Waals surface area (Å²) in [5.41, 5.74) is 0.137. The number of hydrogen-bond donors (Lipinski definition) is 0. The van der Waals surface area contributed by atoms with Gasteiger partial charge in [-0.15, -0.1) is 0 Å². The first-order chi connectivity index (χ1) is 10.8. The summed E-state index contributed by atoms with van der Waals surface area (Å²) in [6.45, 7) is 2.29. The second-order valence-electron chi connectivity index (χ2n) is 4.44. The highest BCUT2D eigenvalue weighted by Gasteiger charge is 2.29. The lowest BCUT2D eigenvalue weighted by atomic mass is 10.2. The minimum atomic E-state index is -1.76. The van der Waals surface area contributed by atoms with Crippen LogP contribution in [0, 0.1) is 10.1 Å². The number of methoxy groups -OCH3 is 2. The van der Waals surface area contributed by atoms with E-state index in [0.29, 0.717) is 31.2 Å². The number of non-ortho nitro benzene ring substituents is 1. The van der Waals surface area contributed by atoms with Gasteiger partial charge in [-0.2, -0.15) is 0 Å². The molecular formula is C13H17Cl3N2O4S. The van der Waals surface area contributed by atoms with Crippen LogP contribution in [0.3, 0.4) is 0 Å². The molecular weight excluding hydrogens is 387 g/mol. The molecule has 1 aromatic rings. The molecule has 23 heavy (non-hydrogen) atoms. The van der Waals surface area contributed by atoms with E-state index < -0.39 is 8.72 Å². The number of nitro benzene ring substituents is 1. The fourth-order valence-electron chi connectivity index (χ4n) is 1.66. The molecule has 0 aliphatic rings. The molecule has 0 amide bonds. The van der Waals surface area contributed by atoms with Gasteiger partial charge < -0.3 is 9.47 Å². The number of ether oxygens (including phenoxy) is 2. The summed E-state index contributed by atoms with van der Waals surface area (Å²) in [5.74, 6) is 0. The highest BCUT2D eigenvalue weighted by molar-refractivity contribution is 7.97. The fraction of sp³-hybridized carbons (Fsp3) is 0.538. The second-order valence-corrected chi connectivity index (χ2v) is 7.86. The summed E-state index contributed by atoms with van der Waals surface area (Å²) < 4.78 is 10.4. The van der Waals surface area contributed by atoms with Crippen LogP contribution in [-0.4, -0.2) is 49.8 Å². The summed E-state index contributed by atoms with van der Waals surface area (Å²) in [6.07, 6.45) is 0. The number of benzene rings is 1. The van der Waals surface area contributed by atoms with Gasteiger partial charge in [0.05, 0.1) is 18.1 Å². The van der Waals surface area contributed by atoms with Crippen LogP contribution in [0.2, 0.25) is 0 Å². The van der Waals surface area contributed by atoms with Crippen LogP contribution in [0.5, 0.6) is 0 Å². The lowest BCUT2D eigenvalue weighted by molar-refractivity contribution is -0.385. The maximum absolute atomic E-state index is 10.9. The Bertz CT molecular complexity index is 520. The van der Waals surface area contributed by atoms with Crippen molar-refractivity contribution < 1.29 is 14.4 Å². The SMILES string of the molecule is COCCN(CCOC)Sc1ccc([N+](=O)[O-])cc1C(Cl)(Cl)Cl. The maximum atomic E-state index is 10.9. The Balaban J connectivity index is 3.05. The molecule has 0 aliphatic carbocycles. The summed E-state index contributed by atoms with van der Waals surface area (Å²) in [4.78, 5) is 11.0. The van der Waals surface area contributed by atoms with E-state index in [9.17, 15) is 10.1 Å². The van der Waals surface area contributed by atoms with Crippen molar-refractivity contribution in [3.8, 4) is 0 Å². The van der Waals surface area contributed by atoms with Crippen molar-refractivity contribution in [1.29, 1.82) is 0 Å². The molecule has 10 heteroatoms. The normalized spacial score (nSPS) is 11.9. The van der Waals surface area contributed by atoms with Crippen LogP contribution in [0.15, 0.2) is 23.1 Å². The van der Waals surface area contributed by atoms with Crippen LogP contribution in [-0.2, 0) is 13.3 Å². The van der Waals surface area contributed by atoms with Crippen molar-refractivity contribution >= 4 is 52.4 Å². The quantitative estimate of drug-likeness (QED) is 0.268. The minimum absolute atomic E-state index is 0.129. The predicted molar refractivity (Wildman–Crippen MR) is 93.5 cm³/mol. The van der Waals surface area contributed by atoms with Crippen LogP contribution in [0.1, 0.15) is 5.56 Å². The number of alkyl halides is 3. The molecule has 0 atom stereocenters. The molecule has 0 spiro atoms. The number of halogens is 3. The monoisotopic (exact) mass is 402 g/mol. The summed E-state index contributed by atoms with van der Waals surface area (Å²) >= 11 is 19.2. The van der Waals surface area contributed by atoms with Gasteiger partial charge in [-0.05, 0) is 18.0 Å². The summed E-state index contributed by atoms with van der Waals surface area (Å²) in [7, 11) is 3.22. The van der Waals surface area contributed by atoms with Crippen LogP contribution < -0.4 is 0 Å². The zero-order valence-electron chi connectivity index (χ0n) is 12.6. The third-order valence-corrected chi connectivity index (χ3v) is 4.58. The first-order valence-electron chi connectivity index (χ1n) is 6.56. The largest absolute Gasteiger partial charge is 0.383 e. The third-order valence-electron chi connectivity index (χ3n) is 2.80. The standard InChI is InChI=1S/C13H17Cl3N2O4S/c1-21-7-5-17(6-8-22-2)23-12-4-3-10(18(19)20)9-11(12)13(14,15)16/h3-4,9H,5-8H2,1-2H3. The molecule has 0 bridgehead atoms. The lowest BCUT2D eigenvalue weighted by Crippen LogP contribution is -2.24. The molecule has 0 radical (unpaired) electrons. The van der Waals surface area contributed by atoms with E-state index in [1.54, 1.807) is 20.3 Å². The first kappa shape index (κ1) is 20.8. The zero-order valence-corrected chi connectivity index (χ0v) is 15.7. The number of hydrogen-bond acceptors (Lipinski definition) is 6. The van der Waals surface area contributed by atoms with Gasteiger partial charge in [-0.3, -0.25) is 10.1 Å². The highest BCUT2D eigenvalue weighted by Crippen LogP contribution is 2.44. The van der Waals surface area contributed by atoms with E-state index in [1.165, 1.54) is 24.1 Å². The maximum Gasteiger partial charge on any atom is 0.269 e. The topological polar surface area (TPSA) is 64.8 Å². The van der Waals surface area contributed by atoms with Gasteiger partial charge in [-0.25, -0.2) is 4.31 Å². The molecule has 0 unspecified atom stereocenters. The highest BCUT2D eigenvalue weighted by atomic mass is 35.6. The van der Waals surface area contributed by atoms with E-state index in [4.69, 9.17) is 44.3 Å². The predicted octanol–water partition coefficient (Wildman–Crippen LogP) is 4.02. The summed E-state index contributed by atoms with van der Waals surface area (Å²) in [5, 5.41) is 10.9. The van der Waals surface area contributed by atoms with E-state index in [1.807, 2.05) is 4.31 Å².